The van der Waals surface area contributed by atoms with Gasteiger partial charge in [-0.2, -0.15) is 4.99 Å². The first-order valence-electron chi connectivity index (χ1n) is 10.4. The smallest absolute Gasteiger partial charge is 0.404 e. The van der Waals surface area contributed by atoms with Gasteiger partial charge in [0.2, 0.25) is 9.84 Å². The van der Waals surface area contributed by atoms with Gasteiger partial charge in [0, 0.05) is 17.5 Å². The molecule has 0 saturated carbocycles. The first-order valence-corrected chi connectivity index (χ1v) is 11.8. The van der Waals surface area contributed by atoms with E-state index in [0.29, 0.717) is 35.2 Å². The summed E-state index contributed by atoms with van der Waals surface area (Å²) in [7, 11) is -1.59. The molecule has 5 rings (SSSR count). The van der Waals surface area contributed by atoms with Gasteiger partial charge in [0.15, 0.2) is 0 Å². The van der Waals surface area contributed by atoms with Crippen LogP contribution in [0.3, 0.4) is 0 Å². The highest BCUT2D eigenvalue weighted by molar-refractivity contribution is 7.91. The monoisotopic (exact) mass is 460 g/mol. The molecule has 8 nitrogen and oxygen atoms in total. The Hall–Kier alpha value is -3.82. The Kier molecular flexibility index (Phi) is 5.07. The van der Waals surface area contributed by atoms with E-state index in [-0.39, 0.29) is 9.79 Å². The standard InChI is InChI=1S/C24H22N5O3S/c1-29(18-8-10-20(11-9-18)33(30,31)19-5-3-2-4-6-19)13-14-32-24(29)28-17-7-12-22-21(15-17)23(25)27-16-26-22/h2-12,15-16H,13-14H2,1H3,(H2,25,26,27)/q+1. The lowest BCUT2D eigenvalue weighted by atomic mass is 10.2. The molecule has 4 aromatic rings. The van der Waals surface area contributed by atoms with Gasteiger partial charge in [0.1, 0.15) is 31.0 Å². The Morgan fingerprint density at radius 1 is 0.970 bits per heavy atom. The third-order valence-corrected chi connectivity index (χ3v) is 7.62. The number of benzene rings is 3. The second-order valence-electron chi connectivity index (χ2n) is 7.93. The molecule has 3 aromatic carbocycles. The van der Waals surface area contributed by atoms with E-state index in [1.54, 1.807) is 42.5 Å². The highest BCUT2D eigenvalue weighted by atomic mass is 32.2. The number of nitrogens with two attached hydrogens (primary N) is 1. The molecular weight excluding hydrogens is 438 g/mol. The summed E-state index contributed by atoms with van der Waals surface area (Å²) in [6.07, 6.45) is 1.43. The fraction of sp³-hybridized carbons (Fsp3) is 0.125. The molecule has 0 amide bonds. The van der Waals surface area contributed by atoms with Crippen LogP contribution in [0.4, 0.5) is 17.2 Å². The Morgan fingerprint density at radius 3 is 2.45 bits per heavy atom. The van der Waals surface area contributed by atoms with E-state index in [0.717, 1.165) is 16.6 Å². The Balaban J connectivity index is 1.49. The number of quaternary nitrogens is 1. The maximum atomic E-state index is 12.9. The average Bonchev–Trinajstić information content (AvgIpc) is 3.21. The molecule has 166 valence electrons. The Bertz CT molecular complexity index is 1470. The fourth-order valence-electron chi connectivity index (χ4n) is 3.87. The number of fused-ring (bicyclic) bond motifs is 1. The molecule has 1 fully saturated rings. The molecule has 9 heteroatoms. The second-order valence-corrected chi connectivity index (χ2v) is 9.88. The number of anilines is 1. The van der Waals surface area contributed by atoms with Crippen molar-refractivity contribution in [3.05, 3.63) is 79.1 Å². The zero-order valence-electron chi connectivity index (χ0n) is 17.9. The van der Waals surface area contributed by atoms with Gasteiger partial charge < -0.3 is 10.5 Å². The van der Waals surface area contributed by atoms with Crippen molar-refractivity contribution < 1.29 is 13.2 Å². The molecule has 0 aliphatic carbocycles. The van der Waals surface area contributed by atoms with Gasteiger partial charge in [0.25, 0.3) is 0 Å². The van der Waals surface area contributed by atoms with Crippen LogP contribution < -0.4 is 10.2 Å². The van der Waals surface area contributed by atoms with Crippen molar-refractivity contribution in [3.63, 3.8) is 0 Å². The van der Waals surface area contributed by atoms with Crippen molar-refractivity contribution in [1.29, 1.82) is 0 Å². The van der Waals surface area contributed by atoms with E-state index < -0.39 is 9.84 Å². The van der Waals surface area contributed by atoms with Crippen LogP contribution in [0.1, 0.15) is 0 Å². The molecule has 1 aromatic heterocycles. The van der Waals surface area contributed by atoms with Crippen LogP contribution in [0.15, 0.2) is 93.9 Å². The summed E-state index contributed by atoms with van der Waals surface area (Å²) in [5.41, 5.74) is 8.28. The van der Waals surface area contributed by atoms with Crippen LogP contribution in [-0.2, 0) is 14.6 Å². The predicted molar refractivity (Wildman–Crippen MR) is 128 cm³/mol. The number of aliphatic imine (C=N–C) groups is 1. The number of nitrogens with zero attached hydrogens (tertiary/aromatic N) is 4. The molecule has 1 atom stereocenters. The summed E-state index contributed by atoms with van der Waals surface area (Å²) in [4.78, 5) is 13.5. The molecule has 2 heterocycles. The fourth-order valence-corrected chi connectivity index (χ4v) is 5.16. The summed E-state index contributed by atoms with van der Waals surface area (Å²) in [5, 5.41) is 0.724. The molecule has 1 aliphatic heterocycles. The lowest BCUT2D eigenvalue weighted by molar-refractivity contribution is 0.352. The van der Waals surface area contributed by atoms with E-state index in [9.17, 15) is 8.42 Å². The topological polar surface area (TPSA) is 108 Å². The number of ether oxygens (including phenoxy) is 1. The summed E-state index contributed by atoms with van der Waals surface area (Å²) < 4.78 is 32.0. The van der Waals surface area contributed by atoms with E-state index in [2.05, 4.69) is 9.97 Å². The maximum absolute atomic E-state index is 12.9. The van der Waals surface area contributed by atoms with Crippen molar-refractivity contribution >= 4 is 44.0 Å². The van der Waals surface area contributed by atoms with Crippen LogP contribution in [0.25, 0.3) is 10.9 Å². The highest BCUT2D eigenvalue weighted by Gasteiger charge is 2.40. The number of sulfone groups is 1. The van der Waals surface area contributed by atoms with Crippen molar-refractivity contribution in [3.8, 4) is 0 Å². The largest absolute Gasteiger partial charge is 0.430 e. The summed E-state index contributed by atoms with van der Waals surface area (Å²) >= 11 is 0. The molecule has 0 radical (unpaired) electrons. The van der Waals surface area contributed by atoms with Crippen LogP contribution >= 0.6 is 0 Å². The Morgan fingerprint density at radius 2 is 1.70 bits per heavy atom. The minimum Gasteiger partial charge on any atom is -0.430 e. The van der Waals surface area contributed by atoms with Gasteiger partial charge in [0.05, 0.1) is 28.0 Å². The zero-order valence-corrected chi connectivity index (χ0v) is 18.7. The lowest BCUT2D eigenvalue weighted by Gasteiger charge is -2.25. The van der Waals surface area contributed by atoms with Crippen molar-refractivity contribution in [2.45, 2.75) is 9.79 Å². The molecule has 1 unspecified atom stereocenters. The van der Waals surface area contributed by atoms with Gasteiger partial charge in [-0.25, -0.2) is 22.9 Å². The number of likely N-dealkylation sites (N-methyl/N-ethyl adjacent to an activating group) is 1. The van der Waals surface area contributed by atoms with Crippen LogP contribution in [0.5, 0.6) is 0 Å². The van der Waals surface area contributed by atoms with Gasteiger partial charge in [-0.1, -0.05) is 18.2 Å². The molecule has 0 bridgehead atoms. The van der Waals surface area contributed by atoms with Crippen LogP contribution in [-0.4, -0.2) is 44.6 Å². The van der Waals surface area contributed by atoms with E-state index >= 15 is 0 Å². The first-order chi connectivity index (χ1) is 15.9. The maximum Gasteiger partial charge on any atom is 0.404 e. The lowest BCUT2D eigenvalue weighted by Crippen LogP contribution is -2.46. The van der Waals surface area contributed by atoms with Crippen LogP contribution in [0, 0.1) is 0 Å². The highest BCUT2D eigenvalue weighted by Crippen LogP contribution is 2.31. The summed E-state index contributed by atoms with van der Waals surface area (Å²) in [6, 6.07) is 21.3. The second kappa shape index (κ2) is 7.95. The molecule has 2 N–H and O–H groups in total. The number of nitrogen functional groups attached to an aromatic ring is 1. The Labute approximate surface area is 191 Å². The summed E-state index contributed by atoms with van der Waals surface area (Å²) in [5.74, 6) is 0.391. The van der Waals surface area contributed by atoms with E-state index in [1.807, 2.05) is 37.4 Å². The molecule has 1 saturated heterocycles. The third-order valence-electron chi connectivity index (χ3n) is 5.84. The number of hydrogen-bond acceptors (Lipinski definition) is 7. The third kappa shape index (κ3) is 3.71. The van der Waals surface area contributed by atoms with Gasteiger partial charge >= 0.3 is 6.02 Å². The molecule has 33 heavy (non-hydrogen) atoms. The number of aromatic nitrogens is 2. The number of amidine groups is 1. The number of rotatable bonds is 4. The van der Waals surface area contributed by atoms with Gasteiger partial charge in [-0.15, -0.1) is 0 Å². The van der Waals surface area contributed by atoms with Crippen molar-refractivity contribution in [2.24, 2.45) is 4.99 Å². The minimum absolute atomic E-state index is 0.243. The minimum atomic E-state index is -3.58. The van der Waals surface area contributed by atoms with Gasteiger partial charge in [-0.05, 0) is 42.5 Å². The average molecular weight is 461 g/mol. The van der Waals surface area contributed by atoms with E-state index in [4.69, 9.17) is 15.5 Å². The van der Waals surface area contributed by atoms with Crippen molar-refractivity contribution in [2.75, 3.05) is 25.9 Å². The quantitative estimate of drug-likeness (QED) is 0.465. The number of hydrogen-bond donors (Lipinski definition) is 1. The first kappa shape index (κ1) is 21.0. The SMILES string of the molecule is C[N+]1(c2ccc(S(=O)(=O)c3ccccc3)cc2)CCOC1=Nc1ccc2ncnc(N)c2c1. The summed E-state index contributed by atoms with van der Waals surface area (Å²) in [6.45, 7) is 1.17. The van der Waals surface area contributed by atoms with E-state index in [1.165, 1.54) is 6.33 Å². The molecule has 1 aliphatic rings. The zero-order chi connectivity index (χ0) is 23.1. The van der Waals surface area contributed by atoms with Crippen LogP contribution in [0.2, 0.25) is 0 Å². The molecule has 0 spiro atoms. The van der Waals surface area contributed by atoms with Gasteiger partial charge in [-0.3, -0.25) is 0 Å². The predicted octanol–water partition coefficient (Wildman–Crippen LogP) is 3.70. The molecular formula is C24H22N5O3S+. The van der Waals surface area contributed by atoms with Crippen molar-refractivity contribution in [1.82, 2.24) is 14.5 Å². The normalized spacial score (nSPS) is 19.6.